The van der Waals surface area contributed by atoms with Gasteiger partial charge in [-0.25, -0.2) is 0 Å². The van der Waals surface area contributed by atoms with Crippen LogP contribution in [0, 0.1) is 0 Å². The number of amides is 1. The van der Waals surface area contributed by atoms with Crippen LogP contribution < -0.4 is 0 Å². The second-order valence-corrected chi connectivity index (χ2v) is 5.49. The van der Waals surface area contributed by atoms with Crippen molar-refractivity contribution in [2.45, 2.75) is 31.7 Å². The Hall–Kier alpha value is -1.88. The van der Waals surface area contributed by atoms with Gasteiger partial charge in [0, 0.05) is 20.6 Å². The minimum atomic E-state index is -1.24. The number of nitrogens with zero attached hydrogens (tertiary/aromatic N) is 1. The van der Waals surface area contributed by atoms with E-state index >= 15 is 0 Å². The van der Waals surface area contributed by atoms with Crippen LogP contribution in [0.4, 0.5) is 0 Å². The predicted molar refractivity (Wildman–Crippen MR) is 80.2 cm³/mol. The van der Waals surface area contributed by atoms with E-state index in [1.807, 2.05) is 13.0 Å². The number of likely N-dealkylation sites (N-methyl/N-ethyl adjacent to an activating group) is 1. The molecule has 2 unspecified atom stereocenters. The molecule has 1 aromatic carbocycles. The molecule has 1 amide bonds. The predicted octanol–water partition coefficient (Wildman–Crippen LogP) is 1.91. The van der Waals surface area contributed by atoms with Crippen molar-refractivity contribution in [2.75, 3.05) is 20.8 Å². The third-order valence-corrected chi connectivity index (χ3v) is 3.85. The third kappa shape index (κ3) is 4.04. The molecule has 0 heterocycles. The Balaban J connectivity index is 2.94. The van der Waals surface area contributed by atoms with E-state index in [4.69, 9.17) is 4.74 Å². The van der Waals surface area contributed by atoms with E-state index in [2.05, 4.69) is 0 Å². The van der Waals surface area contributed by atoms with Crippen LogP contribution in [0.1, 0.15) is 25.8 Å². The number of methoxy groups -OCH3 is 1. The van der Waals surface area contributed by atoms with E-state index in [0.717, 1.165) is 0 Å². The Morgan fingerprint density at radius 2 is 1.90 bits per heavy atom. The first-order chi connectivity index (χ1) is 9.82. The molecule has 1 aromatic rings. The number of rotatable bonds is 7. The first-order valence-electron chi connectivity index (χ1n) is 6.86. The molecule has 0 bridgehead atoms. The number of carboxylic acids is 1. The third-order valence-electron chi connectivity index (χ3n) is 3.85. The van der Waals surface area contributed by atoms with Gasteiger partial charge in [0.1, 0.15) is 0 Å². The van der Waals surface area contributed by atoms with E-state index in [-0.39, 0.29) is 18.4 Å². The number of hydrogen-bond donors (Lipinski definition) is 1. The van der Waals surface area contributed by atoms with E-state index in [9.17, 15) is 14.7 Å². The van der Waals surface area contributed by atoms with E-state index < -0.39 is 11.4 Å². The maximum absolute atomic E-state index is 12.4. The number of benzene rings is 1. The maximum Gasteiger partial charge on any atom is 0.314 e. The molecule has 5 nitrogen and oxygen atoms in total. The SMILES string of the molecule is COCC(C)N(C)C(=O)CC(C)(C(=O)O)c1ccccc1. The van der Waals surface area contributed by atoms with Crippen molar-refractivity contribution >= 4 is 11.9 Å². The summed E-state index contributed by atoms with van der Waals surface area (Å²) in [6.07, 6.45) is -0.0864. The molecule has 1 rings (SSSR count). The lowest BCUT2D eigenvalue weighted by Gasteiger charge is -2.30. The summed E-state index contributed by atoms with van der Waals surface area (Å²) in [5.74, 6) is -1.22. The summed E-state index contributed by atoms with van der Waals surface area (Å²) in [6, 6.07) is 8.74. The number of aliphatic carboxylic acids is 1. The second-order valence-electron chi connectivity index (χ2n) is 5.49. The van der Waals surface area contributed by atoms with Gasteiger partial charge in [0.2, 0.25) is 5.91 Å². The summed E-state index contributed by atoms with van der Waals surface area (Å²) >= 11 is 0. The van der Waals surface area contributed by atoms with Crippen molar-refractivity contribution in [3.8, 4) is 0 Å². The number of carbonyl (C=O) groups is 2. The zero-order valence-electron chi connectivity index (χ0n) is 13.0. The fraction of sp³-hybridized carbons (Fsp3) is 0.500. The summed E-state index contributed by atoms with van der Waals surface area (Å²) in [5.41, 5.74) is -0.613. The van der Waals surface area contributed by atoms with Crippen LogP contribution >= 0.6 is 0 Å². The minimum absolute atomic E-state index is 0.0864. The average molecular weight is 293 g/mol. The molecule has 0 saturated carbocycles. The first kappa shape index (κ1) is 17.2. The van der Waals surface area contributed by atoms with Gasteiger partial charge in [0.05, 0.1) is 18.1 Å². The topological polar surface area (TPSA) is 66.8 Å². The first-order valence-corrected chi connectivity index (χ1v) is 6.86. The normalized spacial score (nSPS) is 15.0. The largest absolute Gasteiger partial charge is 0.481 e. The minimum Gasteiger partial charge on any atom is -0.481 e. The van der Waals surface area contributed by atoms with Gasteiger partial charge < -0.3 is 14.7 Å². The van der Waals surface area contributed by atoms with Crippen LogP contribution in [0.15, 0.2) is 30.3 Å². The van der Waals surface area contributed by atoms with Gasteiger partial charge in [-0.2, -0.15) is 0 Å². The molecule has 0 aromatic heterocycles. The van der Waals surface area contributed by atoms with E-state index in [1.165, 1.54) is 4.90 Å². The van der Waals surface area contributed by atoms with E-state index in [1.54, 1.807) is 45.3 Å². The van der Waals surface area contributed by atoms with Gasteiger partial charge >= 0.3 is 5.97 Å². The van der Waals surface area contributed by atoms with Gasteiger partial charge in [0.25, 0.3) is 0 Å². The lowest BCUT2D eigenvalue weighted by Crippen LogP contribution is -2.43. The molecular weight excluding hydrogens is 270 g/mol. The Morgan fingerprint density at radius 1 is 1.33 bits per heavy atom. The molecule has 5 heteroatoms. The summed E-state index contributed by atoms with van der Waals surface area (Å²) in [5, 5.41) is 9.56. The fourth-order valence-corrected chi connectivity index (χ4v) is 2.13. The molecule has 0 aliphatic carbocycles. The van der Waals surface area contributed by atoms with E-state index in [0.29, 0.717) is 12.2 Å². The highest BCUT2D eigenvalue weighted by atomic mass is 16.5. The second kappa shape index (κ2) is 7.22. The summed E-state index contributed by atoms with van der Waals surface area (Å²) < 4.78 is 5.03. The molecule has 1 N–H and O–H groups in total. The van der Waals surface area contributed by atoms with Crippen LogP contribution in [0.5, 0.6) is 0 Å². The Morgan fingerprint density at radius 3 is 2.38 bits per heavy atom. The van der Waals surface area contributed by atoms with Crippen LogP contribution in [0.3, 0.4) is 0 Å². The van der Waals surface area contributed by atoms with Crippen molar-refractivity contribution < 1.29 is 19.4 Å². The van der Waals surface area contributed by atoms with Crippen LogP contribution in [0.2, 0.25) is 0 Å². The number of carbonyl (C=O) groups excluding carboxylic acids is 1. The molecule has 0 aliphatic rings. The molecule has 0 saturated heterocycles. The van der Waals surface area contributed by atoms with Crippen molar-refractivity contribution in [1.29, 1.82) is 0 Å². The monoisotopic (exact) mass is 293 g/mol. The van der Waals surface area contributed by atoms with Crippen molar-refractivity contribution in [1.82, 2.24) is 4.90 Å². The lowest BCUT2D eigenvalue weighted by molar-refractivity contribution is -0.148. The van der Waals surface area contributed by atoms with Gasteiger partial charge in [-0.05, 0) is 19.4 Å². The average Bonchev–Trinajstić information content (AvgIpc) is 2.47. The Bertz CT molecular complexity index is 488. The molecule has 0 spiro atoms. The fourth-order valence-electron chi connectivity index (χ4n) is 2.13. The number of carboxylic acid groups (broad SMARTS) is 1. The van der Waals surface area contributed by atoms with Crippen LogP contribution in [0.25, 0.3) is 0 Å². The molecule has 0 aliphatic heterocycles. The van der Waals surface area contributed by atoms with Gasteiger partial charge in [-0.3, -0.25) is 9.59 Å². The van der Waals surface area contributed by atoms with Gasteiger partial charge in [-0.15, -0.1) is 0 Å². The van der Waals surface area contributed by atoms with Gasteiger partial charge in [0.15, 0.2) is 0 Å². The highest BCUT2D eigenvalue weighted by Crippen LogP contribution is 2.29. The molecule has 0 fully saturated rings. The Labute approximate surface area is 125 Å². The molecule has 2 atom stereocenters. The standard InChI is InChI=1S/C16H23NO4/c1-12(11-21-4)17(3)14(18)10-16(2,15(19)20)13-8-6-5-7-9-13/h5-9,12H,10-11H2,1-4H3,(H,19,20). The summed E-state index contributed by atoms with van der Waals surface area (Å²) in [7, 11) is 3.24. The van der Waals surface area contributed by atoms with Crippen molar-refractivity contribution in [2.24, 2.45) is 0 Å². The zero-order chi connectivity index (χ0) is 16.0. The van der Waals surface area contributed by atoms with Gasteiger partial charge in [-0.1, -0.05) is 30.3 Å². The van der Waals surface area contributed by atoms with Crippen molar-refractivity contribution in [3.05, 3.63) is 35.9 Å². The van der Waals surface area contributed by atoms with Crippen molar-refractivity contribution in [3.63, 3.8) is 0 Å². The summed E-state index contributed by atoms with van der Waals surface area (Å²) in [6.45, 7) is 3.86. The molecule has 21 heavy (non-hydrogen) atoms. The number of hydrogen-bond acceptors (Lipinski definition) is 3. The van der Waals surface area contributed by atoms with Crippen LogP contribution in [-0.4, -0.2) is 48.7 Å². The Kier molecular flexibility index (Phi) is 5.90. The zero-order valence-corrected chi connectivity index (χ0v) is 13.0. The maximum atomic E-state index is 12.4. The quantitative estimate of drug-likeness (QED) is 0.834. The smallest absolute Gasteiger partial charge is 0.314 e. The highest BCUT2D eigenvalue weighted by molar-refractivity contribution is 5.89. The lowest BCUT2D eigenvalue weighted by atomic mass is 9.79. The summed E-state index contributed by atoms with van der Waals surface area (Å²) in [4.78, 5) is 25.6. The van der Waals surface area contributed by atoms with Crippen LogP contribution in [-0.2, 0) is 19.7 Å². The molecular formula is C16H23NO4. The molecule has 0 radical (unpaired) electrons. The highest BCUT2D eigenvalue weighted by Gasteiger charge is 2.38. The molecule has 116 valence electrons. The number of ether oxygens (including phenoxy) is 1.